The van der Waals surface area contributed by atoms with Gasteiger partial charge < -0.3 is 30.5 Å². The van der Waals surface area contributed by atoms with Crippen molar-refractivity contribution in [1.29, 1.82) is 0 Å². The first-order valence-electron chi connectivity index (χ1n) is 15.2. The number of alkyl carbamates (subject to hydrolysis) is 1. The number of hydrogen-bond donors (Lipinski definition) is 4. The van der Waals surface area contributed by atoms with E-state index in [1.54, 1.807) is 20.8 Å². The standard InChI is InChI=1S/C32H49N3O7/c1-29(2,3)41-23-15-13-22(14-16-23)21-24(33-28(40)42-30(4,5)6)25(36)34-31(17-9-7-10-18-31)26(37)35-32(27(38)39)19-11-8-12-20-32/h13-16,24H,7-12,17-21H2,1-6H3,(H,33,40)(H,34,36)(H,35,37)(H,38,39)/t24-/m0/s1. The third-order valence-corrected chi connectivity index (χ3v) is 7.77. The highest BCUT2D eigenvalue weighted by Crippen LogP contribution is 2.33. The number of carboxylic acids is 1. The van der Waals surface area contributed by atoms with Gasteiger partial charge in [0.2, 0.25) is 11.8 Å². The van der Waals surface area contributed by atoms with Gasteiger partial charge in [-0.25, -0.2) is 9.59 Å². The summed E-state index contributed by atoms with van der Waals surface area (Å²) in [6.07, 6.45) is 5.59. The summed E-state index contributed by atoms with van der Waals surface area (Å²) in [4.78, 5) is 52.8. The van der Waals surface area contributed by atoms with Crippen LogP contribution in [0.2, 0.25) is 0 Å². The van der Waals surface area contributed by atoms with E-state index in [1.165, 1.54) is 0 Å². The summed E-state index contributed by atoms with van der Waals surface area (Å²) in [6.45, 7) is 11.1. The minimum Gasteiger partial charge on any atom is -0.488 e. The Labute approximate surface area is 249 Å². The van der Waals surface area contributed by atoms with E-state index in [4.69, 9.17) is 9.47 Å². The van der Waals surface area contributed by atoms with Crippen molar-refractivity contribution in [3.05, 3.63) is 29.8 Å². The maximum Gasteiger partial charge on any atom is 0.408 e. The number of hydrogen-bond acceptors (Lipinski definition) is 6. The summed E-state index contributed by atoms with van der Waals surface area (Å²) in [5.41, 5.74) is -2.97. The zero-order chi connectivity index (χ0) is 31.2. The second-order valence-electron chi connectivity index (χ2n) is 13.8. The number of carboxylic acid groups (broad SMARTS) is 1. The summed E-state index contributed by atoms with van der Waals surface area (Å²) in [5, 5.41) is 18.6. The Bertz CT molecular complexity index is 1110. The summed E-state index contributed by atoms with van der Waals surface area (Å²) in [6, 6.07) is 6.26. The minimum atomic E-state index is -1.34. The van der Waals surface area contributed by atoms with E-state index in [-0.39, 0.29) is 12.0 Å². The van der Waals surface area contributed by atoms with Crippen LogP contribution in [0, 0.1) is 0 Å². The predicted octanol–water partition coefficient (Wildman–Crippen LogP) is 5.02. The molecule has 1 aromatic rings. The number of benzene rings is 1. The van der Waals surface area contributed by atoms with Crippen molar-refractivity contribution in [2.75, 3.05) is 0 Å². The van der Waals surface area contributed by atoms with E-state index < -0.39 is 46.6 Å². The maximum atomic E-state index is 13.9. The van der Waals surface area contributed by atoms with Gasteiger partial charge >= 0.3 is 12.1 Å². The largest absolute Gasteiger partial charge is 0.488 e. The summed E-state index contributed by atoms with van der Waals surface area (Å²) < 4.78 is 11.3. The van der Waals surface area contributed by atoms with Gasteiger partial charge in [0.15, 0.2) is 0 Å². The van der Waals surface area contributed by atoms with E-state index >= 15 is 0 Å². The number of ether oxygens (including phenoxy) is 2. The molecule has 0 aliphatic heterocycles. The highest BCUT2D eigenvalue weighted by Gasteiger charge is 2.48. The van der Waals surface area contributed by atoms with Gasteiger partial charge in [0.1, 0.15) is 34.1 Å². The van der Waals surface area contributed by atoms with Crippen LogP contribution in [0.1, 0.15) is 111 Å². The molecular weight excluding hydrogens is 538 g/mol. The topological polar surface area (TPSA) is 143 Å². The fourth-order valence-electron chi connectivity index (χ4n) is 5.71. The van der Waals surface area contributed by atoms with Crippen LogP contribution in [-0.4, -0.2) is 57.3 Å². The molecule has 2 saturated carbocycles. The van der Waals surface area contributed by atoms with Crippen molar-refractivity contribution in [2.24, 2.45) is 0 Å². The van der Waals surface area contributed by atoms with E-state index in [0.29, 0.717) is 57.1 Å². The third-order valence-electron chi connectivity index (χ3n) is 7.77. The van der Waals surface area contributed by atoms with E-state index in [1.807, 2.05) is 45.0 Å². The number of carbonyl (C=O) groups excluding carboxylic acids is 3. The first-order valence-corrected chi connectivity index (χ1v) is 15.2. The van der Waals surface area contributed by atoms with E-state index in [0.717, 1.165) is 18.4 Å². The van der Waals surface area contributed by atoms with Crippen LogP contribution < -0.4 is 20.7 Å². The number of nitrogens with one attached hydrogen (secondary N) is 3. The molecular formula is C32H49N3O7. The zero-order valence-corrected chi connectivity index (χ0v) is 26.1. The highest BCUT2D eigenvalue weighted by atomic mass is 16.6. The molecule has 0 heterocycles. The molecule has 0 bridgehead atoms. The fraction of sp³-hybridized carbons (Fsp3) is 0.688. The van der Waals surface area contributed by atoms with Crippen molar-refractivity contribution in [2.45, 2.75) is 140 Å². The first kappa shape index (κ1) is 33.2. The van der Waals surface area contributed by atoms with Gasteiger partial charge in [-0.3, -0.25) is 9.59 Å². The van der Waals surface area contributed by atoms with Crippen LogP contribution >= 0.6 is 0 Å². The molecule has 42 heavy (non-hydrogen) atoms. The smallest absolute Gasteiger partial charge is 0.408 e. The van der Waals surface area contributed by atoms with Crippen LogP contribution in [0.15, 0.2) is 24.3 Å². The number of amides is 3. The van der Waals surface area contributed by atoms with Crippen molar-refractivity contribution in [1.82, 2.24) is 16.0 Å². The predicted molar refractivity (Wildman–Crippen MR) is 159 cm³/mol. The van der Waals surface area contributed by atoms with Gasteiger partial charge in [-0.05, 0) is 84.9 Å². The Balaban J connectivity index is 1.85. The van der Waals surface area contributed by atoms with Crippen LogP contribution in [0.4, 0.5) is 4.79 Å². The first-order chi connectivity index (χ1) is 19.5. The van der Waals surface area contributed by atoms with Gasteiger partial charge in [-0.2, -0.15) is 0 Å². The molecule has 2 aliphatic carbocycles. The van der Waals surface area contributed by atoms with E-state index in [9.17, 15) is 24.3 Å². The second-order valence-corrected chi connectivity index (χ2v) is 13.8. The molecule has 0 saturated heterocycles. The molecule has 10 heteroatoms. The van der Waals surface area contributed by atoms with Crippen LogP contribution in [-0.2, 0) is 25.5 Å². The Morgan fingerprint density at radius 3 is 1.79 bits per heavy atom. The monoisotopic (exact) mass is 587 g/mol. The third kappa shape index (κ3) is 9.36. The normalized spacial score (nSPS) is 19.1. The molecule has 0 spiro atoms. The van der Waals surface area contributed by atoms with Gasteiger partial charge in [0.05, 0.1) is 0 Å². The fourth-order valence-corrected chi connectivity index (χ4v) is 5.71. The van der Waals surface area contributed by atoms with Gasteiger partial charge in [0, 0.05) is 6.42 Å². The van der Waals surface area contributed by atoms with Crippen LogP contribution in [0.5, 0.6) is 5.75 Å². The van der Waals surface area contributed by atoms with Crippen molar-refractivity contribution in [3.8, 4) is 5.75 Å². The quantitative estimate of drug-likeness (QED) is 0.318. The Morgan fingerprint density at radius 1 is 0.786 bits per heavy atom. The number of rotatable bonds is 9. The zero-order valence-electron chi connectivity index (χ0n) is 26.1. The lowest BCUT2D eigenvalue weighted by molar-refractivity contribution is -0.151. The van der Waals surface area contributed by atoms with Gasteiger partial charge in [-0.15, -0.1) is 0 Å². The second kappa shape index (κ2) is 13.3. The average molecular weight is 588 g/mol. The summed E-state index contributed by atoms with van der Waals surface area (Å²) in [5.74, 6) is -1.36. The van der Waals surface area contributed by atoms with Crippen molar-refractivity contribution < 1.29 is 33.8 Å². The minimum absolute atomic E-state index is 0.150. The Kier molecular flexibility index (Phi) is 10.5. The van der Waals surface area contributed by atoms with Gasteiger partial charge in [0.25, 0.3) is 0 Å². The lowest BCUT2D eigenvalue weighted by atomic mass is 9.77. The Hall–Kier alpha value is -3.30. The SMILES string of the molecule is CC(C)(C)OC(=O)N[C@@H](Cc1ccc(OC(C)(C)C)cc1)C(=O)NC1(C(=O)NC2(C(=O)O)CCCCC2)CCCCC1. The lowest BCUT2D eigenvalue weighted by Gasteiger charge is -2.42. The van der Waals surface area contributed by atoms with Crippen LogP contribution in [0.3, 0.4) is 0 Å². The molecule has 0 unspecified atom stereocenters. The molecule has 2 fully saturated rings. The molecule has 10 nitrogen and oxygen atoms in total. The van der Waals surface area contributed by atoms with E-state index in [2.05, 4.69) is 16.0 Å². The molecule has 1 aromatic carbocycles. The lowest BCUT2D eigenvalue weighted by Crippen LogP contribution is -2.67. The number of aliphatic carboxylic acids is 1. The summed E-state index contributed by atoms with van der Waals surface area (Å²) in [7, 11) is 0. The molecule has 3 rings (SSSR count). The van der Waals surface area contributed by atoms with Crippen molar-refractivity contribution in [3.63, 3.8) is 0 Å². The summed E-state index contributed by atoms with van der Waals surface area (Å²) >= 11 is 0. The number of carbonyl (C=O) groups is 4. The molecule has 2 aliphatic rings. The highest BCUT2D eigenvalue weighted by molar-refractivity contribution is 5.97. The molecule has 4 N–H and O–H groups in total. The molecule has 234 valence electrons. The van der Waals surface area contributed by atoms with Gasteiger partial charge in [-0.1, -0.05) is 50.7 Å². The molecule has 3 amide bonds. The molecule has 0 radical (unpaired) electrons. The Morgan fingerprint density at radius 2 is 1.31 bits per heavy atom. The maximum absolute atomic E-state index is 13.9. The molecule has 1 atom stereocenters. The average Bonchev–Trinajstić information content (AvgIpc) is 2.88. The van der Waals surface area contributed by atoms with Crippen molar-refractivity contribution >= 4 is 23.9 Å². The van der Waals surface area contributed by atoms with Crippen LogP contribution in [0.25, 0.3) is 0 Å². The molecule has 0 aromatic heterocycles.